The highest BCUT2D eigenvalue weighted by Crippen LogP contribution is 2.22. The van der Waals surface area contributed by atoms with E-state index >= 15 is 0 Å². The summed E-state index contributed by atoms with van der Waals surface area (Å²) in [6, 6.07) is 11.4. The summed E-state index contributed by atoms with van der Waals surface area (Å²) in [5, 5.41) is 14.5. The average Bonchev–Trinajstić information content (AvgIpc) is 3.10. The van der Waals surface area contributed by atoms with Crippen LogP contribution in [0.4, 0.5) is 0 Å². The van der Waals surface area contributed by atoms with E-state index in [1.54, 1.807) is 23.1 Å². The Morgan fingerprint density at radius 3 is 2.72 bits per heavy atom. The van der Waals surface area contributed by atoms with Crippen molar-refractivity contribution >= 4 is 11.7 Å². The van der Waals surface area contributed by atoms with Gasteiger partial charge in [-0.15, -0.1) is 0 Å². The van der Waals surface area contributed by atoms with Crippen molar-refractivity contribution in [1.82, 2.24) is 18.5 Å². The number of aliphatic hydroxyl groups excluding tert-OH is 1. The minimum atomic E-state index is -0.813. The summed E-state index contributed by atoms with van der Waals surface area (Å²) in [4.78, 5) is 0. The second-order valence-corrected chi connectivity index (χ2v) is 4.29. The molecule has 0 spiro atoms. The van der Waals surface area contributed by atoms with Crippen molar-refractivity contribution in [2.45, 2.75) is 6.10 Å². The zero-order chi connectivity index (χ0) is 12.4. The van der Waals surface area contributed by atoms with E-state index in [1.807, 2.05) is 30.3 Å². The highest BCUT2D eigenvalue weighted by molar-refractivity contribution is 6.99. The average molecular weight is 258 g/mol. The molecule has 3 aromatic rings. The summed E-state index contributed by atoms with van der Waals surface area (Å²) in [6.45, 7) is 0. The molecule has 2 aromatic heterocycles. The molecule has 1 atom stereocenters. The van der Waals surface area contributed by atoms with Crippen LogP contribution in [-0.4, -0.2) is 23.6 Å². The summed E-state index contributed by atoms with van der Waals surface area (Å²) in [5.41, 5.74) is 2.12. The Kier molecular flexibility index (Phi) is 2.87. The maximum atomic E-state index is 10.3. The van der Waals surface area contributed by atoms with E-state index in [0.717, 1.165) is 17.4 Å². The van der Waals surface area contributed by atoms with Crippen LogP contribution >= 0.6 is 11.7 Å². The number of aliphatic hydroxyl groups is 1. The molecular formula is C12H10N4OS. The third-order valence-electron chi connectivity index (χ3n) is 2.61. The molecule has 1 aromatic carbocycles. The normalized spacial score (nSPS) is 12.5. The van der Waals surface area contributed by atoms with E-state index < -0.39 is 6.10 Å². The molecule has 1 unspecified atom stereocenters. The van der Waals surface area contributed by atoms with Crippen LogP contribution in [0.15, 0.2) is 48.8 Å². The molecule has 5 nitrogen and oxygen atoms in total. The standard InChI is InChI=1S/C12H10N4OS/c17-12(10-8-14-18-15-10)11-6-7-13-16(11)9-4-2-1-3-5-9/h1-8,12,17H. The van der Waals surface area contributed by atoms with Crippen LogP contribution in [0.5, 0.6) is 0 Å². The van der Waals surface area contributed by atoms with Gasteiger partial charge in [0.2, 0.25) is 0 Å². The van der Waals surface area contributed by atoms with Crippen molar-refractivity contribution in [3.8, 4) is 5.69 Å². The number of rotatable bonds is 3. The molecule has 0 amide bonds. The Balaban J connectivity index is 2.02. The van der Waals surface area contributed by atoms with Gasteiger partial charge in [-0.1, -0.05) is 18.2 Å². The Morgan fingerprint density at radius 2 is 2.00 bits per heavy atom. The molecule has 0 radical (unpaired) electrons. The lowest BCUT2D eigenvalue weighted by Gasteiger charge is -2.11. The van der Waals surface area contributed by atoms with Crippen LogP contribution in [-0.2, 0) is 0 Å². The first kappa shape index (κ1) is 11.1. The Bertz CT molecular complexity index is 621. The third kappa shape index (κ3) is 1.92. The zero-order valence-corrected chi connectivity index (χ0v) is 10.2. The smallest absolute Gasteiger partial charge is 0.141 e. The van der Waals surface area contributed by atoms with Gasteiger partial charge in [0.05, 0.1) is 29.3 Å². The SMILES string of the molecule is OC(c1cnsn1)c1ccnn1-c1ccccc1. The molecule has 0 aliphatic rings. The van der Waals surface area contributed by atoms with Crippen molar-refractivity contribution in [3.05, 3.63) is 60.2 Å². The first-order chi connectivity index (χ1) is 8.86. The van der Waals surface area contributed by atoms with Crippen molar-refractivity contribution in [3.63, 3.8) is 0 Å². The van der Waals surface area contributed by atoms with Gasteiger partial charge in [0, 0.05) is 6.20 Å². The fourth-order valence-electron chi connectivity index (χ4n) is 1.75. The maximum absolute atomic E-state index is 10.3. The Morgan fingerprint density at radius 1 is 1.17 bits per heavy atom. The maximum Gasteiger partial charge on any atom is 0.141 e. The molecule has 1 N–H and O–H groups in total. The van der Waals surface area contributed by atoms with Crippen molar-refractivity contribution < 1.29 is 5.11 Å². The number of hydrogen-bond donors (Lipinski definition) is 1. The van der Waals surface area contributed by atoms with E-state index in [-0.39, 0.29) is 0 Å². The molecule has 0 fully saturated rings. The summed E-state index contributed by atoms with van der Waals surface area (Å²) in [6.07, 6.45) is 2.41. The summed E-state index contributed by atoms with van der Waals surface area (Å²) in [7, 11) is 0. The van der Waals surface area contributed by atoms with Gasteiger partial charge in [0.25, 0.3) is 0 Å². The van der Waals surface area contributed by atoms with E-state index in [1.165, 1.54) is 0 Å². The Labute approximate surface area is 108 Å². The highest BCUT2D eigenvalue weighted by atomic mass is 32.1. The van der Waals surface area contributed by atoms with E-state index in [2.05, 4.69) is 13.8 Å². The van der Waals surface area contributed by atoms with Gasteiger partial charge in [0.1, 0.15) is 11.8 Å². The quantitative estimate of drug-likeness (QED) is 0.778. The molecule has 0 saturated carbocycles. The number of aromatic nitrogens is 4. The number of benzene rings is 1. The minimum Gasteiger partial charge on any atom is -0.380 e. The van der Waals surface area contributed by atoms with Crippen LogP contribution in [0.2, 0.25) is 0 Å². The largest absolute Gasteiger partial charge is 0.380 e. The Hall–Kier alpha value is -2.05. The molecule has 0 bridgehead atoms. The second kappa shape index (κ2) is 4.67. The topological polar surface area (TPSA) is 63.8 Å². The lowest BCUT2D eigenvalue weighted by atomic mass is 10.2. The van der Waals surface area contributed by atoms with Crippen molar-refractivity contribution in [2.24, 2.45) is 0 Å². The number of para-hydroxylation sites is 1. The molecule has 0 aliphatic carbocycles. The van der Waals surface area contributed by atoms with Gasteiger partial charge in [0.15, 0.2) is 0 Å². The first-order valence-electron chi connectivity index (χ1n) is 5.41. The van der Waals surface area contributed by atoms with Crippen LogP contribution < -0.4 is 0 Å². The monoisotopic (exact) mass is 258 g/mol. The molecule has 3 rings (SSSR count). The highest BCUT2D eigenvalue weighted by Gasteiger charge is 2.18. The van der Waals surface area contributed by atoms with Gasteiger partial charge in [-0.05, 0) is 18.2 Å². The summed E-state index contributed by atoms with van der Waals surface area (Å²) < 4.78 is 9.64. The molecular weight excluding hydrogens is 248 g/mol. The van der Waals surface area contributed by atoms with Crippen molar-refractivity contribution in [2.75, 3.05) is 0 Å². The first-order valence-corrected chi connectivity index (χ1v) is 6.14. The molecule has 6 heteroatoms. The van der Waals surface area contributed by atoms with Crippen LogP contribution in [0.25, 0.3) is 5.69 Å². The molecule has 90 valence electrons. The summed E-state index contributed by atoms with van der Waals surface area (Å²) in [5.74, 6) is 0. The van der Waals surface area contributed by atoms with E-state index in [9.17, 15) is 5.11 Å². The molecule has 0 saturated heterocycles. The van der Waals surface area contributed by atoms with E-state index in [4.69, 9.17) is 0 Å². The van der Waals surface area contributed by atoms with Gasteiger partial charge < -0.3 is 5.11 Å². The van der Waals surface area contributed by atoms with Crippen molar-refractivity contribution in [1.29, 1.82) is 0 Å². The lowest BCUT2D eigenvalue weighted by Crippen LogP contribution is -2.08. The van der Waals surface area contributed by atoms with Crippen LogP contribution in [0.3, 0.4) is 0 Å². The van der Waals surface area contributed by atoms with Gasteiger partial charge in [-0.2, -0.15) is 13.8 Å². The number of nitrogens with zero attached hydrogens (tertiary/aromatic N) is 4. The lowest BCUT2D eigenvalue weighted by molar-refractivity contribution is 0.208. The van der Waals surface area contributed by atoms with Crippen LogP contribution in [0.1, 0.15) is 17.5 Å². The third-order valence-corrected chi connectivity index (χ3v) is 3.10. The minimum absolute atomic E-state index is 0.540. The number of hydrogen-bond acceptors (Lipinski definition) is 5. The summed E-state index contributed by atoms with van der Waals surface area (Å²) >= 11 is 1.08. The fraction of sp³-hybridized carbons (Fsp3) is 0.0833. The molecule has 18 heavy (non-hydrogen) atoms. The van der Waals surface area contributed by atoms with Gasteiger partial charge in [-0.25, -0.2) is 4.68 Å². The van der Waals surface area contributed by atoms with E-state index in [0.29, 0.717) is 11.4 Å². The fourth-order valence-corrected chi connectivity index (χ4v) is 2.19. The van der Waals surface area contributed by atoms with Gasteiger partial charge >= 0.3 is 0 Å². The van der Waals surface area contributed by atoms with Crippen LogP contribution in [0, 0.1) is 0 Å². The predicted octanol–water partition coefficient (Wildman–Crippen LogP) is 1.81. The zero-order valence-electron chi connectivity index (χ0n) is 9.34. The second-order valence-electron chi connectivity index (χ2n) is 3.74. The molecule has 0 aliphatic heterocycles. The van der Waals surface area contributed by atoms with Gasteiger partial charge in [-0.3, -0.25) is 0 Å². The predicted molar refractivity (Wildman–Crippen MR) is 67.5 cm³/mol. The molecule has 2 heterocycles.